The number of halogens is 3. The van der Waals surface area contributed by atoms with E-state index in [-0.39, 0.29) is 39.5 Å². The molecular formula is C32H30BrCl2N3O4S. The highest BCUT2D eigenvalue weighted by Crippen LogP contribution is 2.31. The van der Waals surface area contributed by atoms with E-state index >= 15 is 0 Å². The van der Waals surface area contributed by atoms with Gasteiger partial charge in [0.15, 0.2) is 0 Å². The first-order valence-electron chi connectivity index (χ1n) is 13.5. The molecular weight excluding hydrogens is 673 g/mol. The van der Waals surface area contributed by atoms with E-state index < -0.39 is 28.5 Å². The van der Waals surface area contributed by atoms with Gasteiger partial charge in [0.05, 0.1) is 20.6 Å². The van der Waals surface area contributed by atoms with Crippen LogP contribution in [-0.2, 0) is 32.6 Å². The summed E-state index contributed by atoms with van der Waals surface area (Å²) in [5, 5.41) is 3.22. The fraction of sp³-hybridized carbons (Fsp3) is 0.188. The van der Waals surface area contributed by atoms with Crippen LogP contribution in [0.1, 0.15) is 18.1 Å². The Bertz CT molecular complexity index is 1660. The monoisotopic (exact) mass is 701 g/mol. The molecule has 0 aliphatic carbocycles. The van der Waals surface area contributed by atoms with E-state index in [0.717, 1.165) is 19.9 Å². The Balaban J connectivity index is 1.80. The minimum absolute atomic E-state index is 0.00195. The zero-order valence-corrected chi connectivity index (χ0v) is 27.2. The van der Waals surface area contributed by atoms with Gasteiger partial charge in [0.1, 0.15) is 12.6 Å². The van der Waals surface area contributed by atoms with Crippen LogP contribution >= 0.6 is 39.1 Å². The van der Waals surface area contributed by atoms with E-state index in [1.807, 2.05) is 54.6 Å². The summed E-state index contributed by atoms with van der Waals surface area (Å²) in [6.45, 7) is 1.65. The second-order valence-electron chi connectivity index (χ2n) is 9.67. The van der Waals surface area contributed by atoms with Crippen molar-refractivity contribution >= 4 is 66.7 Å². The van der Waals surface area contributed by atoms with Crippen LogP contribution in [0.25, 0.3) is 0 Å². The number of anilines is 1. The molecule has 1 atom stereocenters. The number of hydrogen-bond donors (Lipinski definition) is 1. The van der Waals surface area contributed by atoms with Crippen molar-refractivity contribution in [2.45, 2.75) is 30.8 Å². The summed E-state index contributed by atoms with van der Waals surface area (Å²) in [4.78, 5) is 29.3. The number of carbonyl (C=O) groups excluding carboxylic acids is 2. The molecule has 2 amide bonds. The smallest absolute Gasteiger partial charge is 0.264 e. The van der Waals surface area contributed by atoms with Crippen LogP contribution in [0.3, 0.4) is 0 Å². The minimum atomic E-state index is -4.23. The SMILES string of the molecule is CCNC(=O)[C@@H](Cc1ccccc1)N(Cc1ccc(Br)cc1)C(=O)CN(c1ccc(Cl)c(Cl)c1)S(=O)(=O)c1ccccc1. The molecule has 0 bridgehead atoms. The Labute approximate surface area is 270 Å². The van der Waals surface area contributed by atoms with Gasteiger partial charge in [-0.05, 0) is 60.5 Å². The average Bonchev–Trinajstić information content (AvgIpc) is 3.01. The Hall–Kier alpha value is -3.37. The van der Waals surface area contributed by atoms with Crippen molar-refractivity contribution in [2.75, 3.05) is 17.4 Å². The number of benzene rings is 4. The van der Waals surface area contributed by atoms with Gasteiger partial charge in [-0.2, -0.15) is 0 Å². The molecule has 0 saturated carbocycles. The molecule has 0 spiro atoms. The van der Waals surface area contributed by atoms with Gasteiger partial charge in [-0.3, -0.25) is 13.9 Å². The van der Waals surface area contributed by atoms with Crippen molar-refractivity contribution in [3.05, 3.63) is 129 Å². The zero-order valence-electron chi connectivity index (χ0n) is 23.3. The molecule has 0 fully saturated rings. The van der Waals surface area contributed by atoms with E-state index in [0.29, 0.717) is 6.54 Å². The molecule has 4 aromatic carbocycles. The molecule has 4 rings (SSSR count). The number of rotatable bonds is 12. The Morgan fingerprint density at radius 2 is 1.47 bits per heavy atom. The molecule has 11 heteroatoms. The maximum atomic E-state index is 14.3. The molecule has 0 unspecified atom stereocenters. The van der Waals surface area contributed by atoms with Crippen LogP contribution in [0, 0.1) is 0 Å². The van der Waals surface area contributed by atoms with E-state index in [4.69, 9.17) is 23.2 Å². The van der Waals surface area contributed by atoms with Gasteiger partial charge < -0.3 is 10.2 Å². The highest BCUT2D eigenvalue weighted by Gasteiger charge is 2.34. The maximum absolute atomic E-state index is 14.3. The predicted molar refractivity (Wildman–Crippen MR) is 175 cm³/mol. The third-order valence-electron chi connectivity index (χ3n) is 6.69. The van der Waals surface area contributed by atoms with Crippen molar-refractivity contribution in [3.8, 4) is 0 Å². The van der Waals surface area contributed by atoms with Gasteiger partial charge in [-0.15, -0.1) is 0 Å². The lowest BCUT2D eigenvalue weighted by Crippen LogP contribution is -2.53. The van der Waals surface area contributed by atoms with Gasteiger partial charge in [0.2, 0.25) is 11.8 Å². The van der Waals surface area contributed by atoms with Crippen LogP contribution in [0.2, 0.25) is 10.0 Å². The van der Waals surface area contributed by atoms with E-state index in [1.165, 1.54) is 35.2 Å². The van der Waals surface area contributed by atoms with Crippen molar-refractivity contribution in [1.82, 2.24) is 10.2 Å². The Morgan fingerprint density at radius 1 is 0.837 bits per heavy atom. The number of carbonyl (C=O) groups is 2. The van der Waals surface area contributed by atoms with Gasteiger partial charge in [-0.25, -0.2) is 8.42 Å². The third kappa shape index (κ3) is 8.38. The third-order valence-corrected chi connectivity index (χ3v) is 9.75. The first-order valence-corrected chi connectivity index (χ1v) is 16.5. The number of sulfonamides is 1. The molecule has 0 aliphatic heterocycles. The average molecular weight is 703 g/mol. The molecule has 0 aromatic heterocycles. The molecule has 43 heavy (non-hydrogen) atoms. The lowest BCUT2D eigenvalue weighted by atomic mass is 10.0. The fourth-order valence-corrected chi connectivity index (χ4v) is 6.50. The molecule has 7 nitrogen and oxygen atoms in total. The summed E-state index contributed by atoms with van der Waals surface area (Å²) < 4.78 is 29.8. The number of likely N-dealkylation sites (N-methyl/N-ethyl adjacent to an activating group) is 1. The molecule has 224 valence electrons. The second kappa shape index (κ2) is 14.9. The van der Waals surface area contributed by atoms with Crippen LogP contribution in [0.4, 0.5) is 5.69 Å². The first-order chi connectivity index (χ1) is 20.6. The van der Waals surface area contributed by atoms with Crippen LogP contribution < -0.4 is 9.62 Å². The van der Waals surface area contributed by atoms with E-state index in [1.54, 1.807) is 25.1 Å². The Morgan fingerprint density at radius 3 is 2.07 bits per heavy atom. The van der Waals surface area contributed by atoms with Gasteiger partial charge in [0.25, 0.3) is 10.0 Å². The standard InChI is InChI=1S/C32H30BrCl2N3O4S/c1-2-36-32(40)30(19-23-9-5-3-6-10-23)37(21-24-13-15-25(33)16-14-24)31(39)22-38(26-17-18-28(34)29(35)20-26)43(41,42)27-11-7-4-8-12-27/h3-18,20,30H,2,19,21-22H2,1H3,(H,36,40)/t30-/m1/s1. The highest BCUT2D eigenvalue weighted by atomic mass is 79.9. The number of hydrogen-bond acceptors (Lipinski definition) is 4. The summed E-state index contributed by atoms with van der Waals surface area (Å²) in [5.41, 5.74) is 1.78. The van der Waals surface area contributed by atoms with Crippen molar-refractivity contribution in [2.24, 2.45) is 0 Å². The van der Waals surface area contributed by atoms with Gasteiger partial charge in [0, 0.05) is 24.0 Å². The minimum Gasteiger partial charge on any atom is -0.355 e. The molecule has 0 radical (unpaired) electrons. The number of nitrogens with zero attached hydrogens (tertiary/aromatic N) is 2. The van der Waals surface area contributed by atoms with Crippen molar-refractivity contribution in [1.29, 1.82) is 0 Å². The predicted octanol–water partition coefficient (Wildman–Crippen LogP) is 6.73. The maximum Gasteiger partial charge on any atom is 0.264 e. The zero-order chi connectivity index (χ0) is 31.0. The van der Waals surface area contributed by atoms with Gasteiger partial charge >= 0.3 is 0 Å². The summed E-state index contributed by atoms with van der Waals surface area (Å²) >= 11 is 15.9. The van der Waals surface area contributed by atoms with E-state index in [9.17, 15) is 18.0 Å². The first kappa shape index (κ1) is 32.5. The molecule has 0 heterocycles. The van der Waals surface area contributed by atoms with Crippen LogP contribution in [-0.4, -0.2) is 44.3 Å². The summed E-state index contributed by atoms with van der Waals surface area (Å²) in [5.74, 6) is -0.912. The van der Waals surface area contributed by atoms with Crippen molar-refractivity contribution in [3.63, 3.8) is 0 Å². The molecule has 0 aliphatic rings. The molecule has 4 aromatic rings. The van der Waals surface area contributed by atoms with Gasteiger partial charge in [-0.1, -0.05) is 99.8 Å². The topological polar surface area (TPSA) is 86.8 Å². The second-order valence-corrected chi connectivity index (χ2v) is 13.3. The molecule has 1 N–H and O–H groups in total. The lowest BCUT2D eigenvalue weighted by Gasteiger charge is -2.34. The highest BCUT2D eigenvalue weighted by molar-refractivity contribution is 9.10. The summed E-state index contributed by atoms with van der Waals surface area (Å²) in [6, 6.07) is 28.0. The van der Waals surface area contributed by atoms with Crippen LogP contribution in [0.15, 0.2) is 112 Å². The molecule has 0 saturated heterocycles. The van der Waals surface area contributed by atoms with E-state index in [2.05, 4.69) is 21.2 Å². The Kier molecular flexibility index (Phi) is 11.3. The quantitative estimate of drug-likeness (QED) is 0.178. The van der Waals surface area contributed by atoms with Crippen molar-refractivity contribution < 1.29 is 18.0 Å². The normalized spacial score (nSPS) is 11.9. The summed E-state index contributed by atoms with van der Waals surface area (Å²) in [6.07, 6.45) is 0.229. The number of amides is 2. The largest absolute Gasteiger partial charge is 0.355 e. The fourth-order valence-electron chi connectivity index (χ4n) is 4.52. The van der Waals surface area contributed by atoms with Crippen LogP contribution in [0.5, 0.6) is 0 Å². The number of nitrogens with one attached hydrogen (secondary N) is 1. The lowest BCUT2D eigenvalue weighted by molar-refractivity contribution is -0.140. The summed E-state index contributed by atoms with van der Waals surface area (Å²) in [7, 11) is -4.23.